The van der Waals surface area contributed by atoms with Gasteiger partial charge in [-0.25, -0.2) is 0 Å². The van der Waals surface area contributed by atoms with E-state index < -0.39 is 0 Å². The summed E-state index contributed by atoms with van der Waals surface area (Å²) in [6.45, 7) is 23.5. The van der Waals surface area contributed by atoms with Gasteiger partial charge in [0.25, 0.3) is 0 Å². The van der Waals surface area contributed by atoms with Crippen molar-refractivity contribution in [1.29, 1.82) is 0 Å². The van der Waals surface area contributed by atoms with Gasteiger partial charge in [-0.3, -0.25) is 0 Å². The van der Waals surface area contributed by atoms with E-state index in [9.17, 15) is 0 Å². The predicted molar refractivity (Wildman–Crippen MR) is 136 cm³/mol. The normalized spacial score (nSPS) is 11.3. The van der Waals surface area contributed by atoms with E-state index in [0.29, 0.717) is 6.04 Å². The molecule has 0 fully saturated rings. The van der Waals surface area contributed by atoms with Gasteiger partial charge in [0, 0.05) is 11.7 Å². The summed E-state index contributed by atoms with van der Waals surface area (Å²) in [4.78, 5) is 0. The molecule has 0 amide bonds. The van der Waals surface area contributed by atoms with Crippen LogP contribution in [0.25, 0.3) is 5.57 Å². The summed E-state index contributed by atoms with van der Waals surface area (Å²) in [7, 11) is 0. The predicted octanol–water partition coefficient (Wildman–Crippen LogP) is 8.40. The van der Waals surface area contributed by atoms with Crippen LogP contribution in [0.5, 0.6) is 5.75 Å². The van der Waals surface area contributed by atoms with Crippen LogP contribution < -0.4 is 10.1 Å². The van der Waals surface area contributed by atoms with Crippen molar-refractivity contribution in [1.82, 2.24) is 5.32 Å². The highest BCUT2D eigenvalue weighted by Gasteiger charge is 2.05. The van der Waals surface area contributed by atoms with E-state index >= 15 is 0 Å². The highest BCUT2D eigenvalue weighted by molar-refractivity contribution is 5.64. The summed E-state index contributed by atoms with van der Waals surface area (Å²) in [6.07, 6.45) is 12.1. The number of benzene rings is 1. The monoisotopic (exact) mass is 411 g/mol. The maximum absolute atomic E-state index is 5.49. The Balaban J connectivity index is 0.000000564. The SMILES string of the molecule is C/C=C(\C)c1ccc(OCC)c(C)c1.C=C(/C=C\C(=C)NC(CCC)CCC)CC. The van der Waals surface area contributed by atoms with Crippen LogP contribution in [-0.2, 0) is 0 Å². The van der Waals surface area contributed by atoms with Gasteiger partial charge in [-0.1, -0.05) is 70.6 Å². The van der Waals surface area contributed by atoms with Crippen molar-refractivity contribution in [2.24, 2.45) is 0 Å². The molecule has 0 saturated carbocycles. The number of ether oxygens (including phenoxy) is 1. The standard InChI is InChI=1S/C15H27N.C13H18O/c1-6-9-15(10-7-2)16-14(5)12-11-13(4)8-3;1-5-10(3)12-7-8-13(14-6-2)11(4)9-12/h11-12,15-16H,4-10H2,1-3H3;5,7-9H,6H2,1-4H3/b12-11-;10-5+. The molecule has 0 aliphatic heterocycles. The van der Waals surface area contributed by atoms with Crippen molar-refractivity contribution in [3.8, 4) is 5.75 Å². The Morgan fingerprint density at radius 3 is 2.17 bits per heavy atom. The fraction of sp³-hybridized carbons (Fsp3) is 0.500. The second-order valence-electron chi connectivity index (χ2n) is 7.67. The summed E-state index contributed by atoms with van der Waals surface area (Å²) in [5.41, 5.74) is 5.92. The molecule has 0 saturated heterocycles. The molecule has 0 aromatic heterocycles. The number of aryl methyl sites for hydroxylation is 1. The molecule has 1 aromatic carbocycles. The van der Waals surface area contributed by atoms with Crippen molar-refractivity contribution in [2.45, 2.75) is 86.6 Å². The van der Waals surface area contributed by atoms with E-state index in [1.54, 1.807) is 0 Å². The van der Waals surface area contributed by atoms with Crippen molar-refractivity contribution in [3.63, 3.8) is 0 Å². The molecule has 1 aromatic rings. The third-order valence-electron chi connectivity index (χ3n) is 5.00. The third kappa shape index (κ3) is 11.7. The fourth-order valence-electron chi connectivity index (χ4n) is 3.01. The van der Waals surface area contributed by atoms with Crippen LogP contribution in [0.2, 0.25) is 0 Å². The van der Waals surface area contributed by atoms with Crippen LogP contribution in [0.1, 0.15) is 84.8 Å². The third-order valence-corrected chi connectivity index (χ3v) is 5.00. The molecule has 0 radical (unpaired) electrons. The maximum atomic E-state index is 5.49. The van der Waals surface area contributed by atoms with Crippen molar-refractivity contribution in [2.75, 3.05) is 6.61 Å². The molecule has 0 unspecified atom stereocenters. The van der Waals surface area contributed by atoms with Crippen LogP contribution in [0.15, 0.2) is 60.9 Å². The lowest BCUT2D eigenvalue weighted by atomic mass is 10.0. The topological polar surface area (TPSA) is 21.3 Å². The molecule has 30 heavy (non-hydrogen) atoms. The minimum Gasteiger partial charge on any atom is -0.494 e. The summed E-state index contributed by atoms with van der Waals surface area (Å²) < 4.78 is 5.49. The molecule has 0 bridgehead atoms. The first-order valence-electron chi connectivity index (χ1n) is 11.5. The van der Waals surface area contributed by atoms with E-state index in [1.807, 2.05) is 25.1 Å². The average molecular weight is 412 g/mol. The van der Waals surface area contributed by atoms with Crippen molar-refractivity contribution >= 4 is 5.57 Å². The first-order chi connectivity index (χ1) is 14.3. The Labute approximate surface area is 186 Å². The molecule has 1 N–H and O–H groups in total. The lowest BCUT2D eigenvalue weighted by molar-refractivity contribution is 0.338. The Morgan fingerprint density at radius 1 is 1.07 bits per heavy atom. The molecule has 1 rings (SSSR count). The van der Waals surface area contributed by atoms with E-state index in [2.05, 4.69) is 78.2 Å². The molecular formula is C28H45NO. The minimum atomic E-state index is 0.571. The molecule has 0 spiro atoms. The molecule has 0 heterocycles. The fourth-order valence-corrected chi connectivity index (χ4v) is 3.01. The molecule has 2 nitrogen and oxygen atoms in total. The Morgan fingerprint density at radius 2 is 1.70 bits per heavy atom. The minimum absolute atomic E-state index is 0.571. The second kappa shape index (κ2) is 16.6. The molecule has 0 aliphatic rings. The maximum Gasteiger partial charge on any atom is 0.122 e. The van der Waals surface area contributed by atoms with Gasteiger partial charge in [0.05, 0.1) is 6.61 Å². The van der Waals surface area contributed by atoms with Gasteiger partial charge in [-0.05, 0) is 81.9 Å². The van der Waals surface area contributed by atoms with Crippen LogP contribution in [0.3, 0.4) is 0 Å². The molecular weight excluding hydrogens is 366 g/mol. The number of hydrogen-bond donors (Lipinski definition) is 1. The zero-order valence-corrected chi connectivity index (χ0v) is 20.6. The van der Waals surface area contributed by atoms with Gasteiger partial charge in [0.15, 0.2) is 0 Å². The Kier molecular flexibility index (Phi) is 15.3. The first kappa shape index (κ1) is 27.8. The summed E-state index contributed by atoms with van der Waals surface area (Å²) in [6, 6.07) is 6.89. The zero-order valence-electron chi connectivity index (χ0n) is 20.6. The quantitative estimate of drug-likeness (QED) is 0.349. The zero-order chi connectivity index (χ0) is 22.9. The van der Waals surface area contributed by atoms with Gasteiger partial charge in [0.1, 0.15) is 5.75 Å². The molecule has 0 aliphatic carbocycles. The van der Waals surface area contributed by atoms with E-state index in [1.165, 1.54) is 42.4 Å². The summed E-state index contributed by atoms with van der Waals surface area (Å²) in [5, 5.41) is 3.48. The Hall–Kier alpha value is -2.22. The van der Waals surface area contributed by atoms with Gasteiger partial charge in [-0.15, -0.1) is 0 Å². The van der Waals surface area contributed by atoms with Gasteiger partial charge < -0.3 is 10.1 Å². The summed E-state index contributed by atoms with van der Waals surface area (Å²) >= 11 is 0. The van der Waals surface area contributed by atoms with Gasteiger partial charge in [-0.2, -0.15) is 0 Å². The van der Waals surface area contributed by atoms with Crippen LogP contribution in [0.4, 0.5) is 0 Å². The first-order valence-corrected chi connectivity index (χ1v) is 11.5. The Bertz CT molecular complexity index is 691. The van der Waals surface area contributed by atoms with Gasteiger partial charge in [0.2, 0.25) is 0 Å². The second-order valence-corrected chi connectivity index (χ2v) is 7.67. The van der Waals surface area contributed by atoms with E-state index in [-0.39, 0.29) is 0 Å². The number of allylic oxidation sites excluding steroid dienone is 5. The lowest BCUT2D eigenvalue weighted by Gasteiger charge is -2.18. The lowest BCUT2D eigenvalue weighted by Crippen LogP contribution is -2.27. The summed E-state index contributed by atoms with van der Waals surface area (Å²) in [5.74, 6) is 0.986. The number of hydrogen-bond acceptors (Lipinski definition) is 2. The van der Waals surface area contributed by atoms with Crippen molar-refractivity contribution < 1.29 is 4.74 Å². The number of rotatable bonds is 12. The van der Waals surface area contributed by atoms with E-state index in [4.69, 9.17) is 4.74 Å². The molecule has 2 heteroatoms. The molecule has 0 atom stereocenters. The smallest absolute Gasteiger partial charge is 0.122 e. The molecule has 168 valence electrons. The van der Waals surface area contributed by atoms with Crippen LogP contribution in [-0.4, -0.2) is 12.6 Å². The largest absolute Gasteiger partial charge is 0.494 e. The highest BCUT2D eigenvalue weighted by Crippen LogP contribution is 2.23. The van der Waals surface area contributed by atoms with Crippen molar-refractivity contribution in [3.05, 3.63) is 72.0 Å². The number of nitrogens with one attached hydrogen (secondary N) is 1. The average Bonchev–Trinajstić information content (AvgIpc) is 2.73. The van der Waals surface area contributed by atoms with Gasteiger partial charge >= 0.3 is 0 Å². The highest BCUT2D eigenvalue weighted by atomic mass is 16.5. The van der Waals surface area contributed by atoms with E-state index in [0.717, 1.165) is 30.0 Å². The van der Waals surface area contributed by atoms with Crippen LogP contribution in [0, 0.1) is 6.92 Å². The van der Waals surface area contributed by atoms with Crippen LogP contribution >= 0.6 is 0 Å².